The Kier molecular flexibility index (Phi) is 6.98. The molecule has 31 heavy (non-hydrogen) atoms. The zero-order valence-corrected chi connectivity index (χ0v) is 16.1. The summed E-state index contributed by atoms with van der Waals surface area (Å²) in [5.41, 5.74) is 0.433. The van der Waals surface area contributed by atoms with Gasteiger partial charge in [0, 0.05) is 6.08 Å². The second-order valence-corrected chi connectivity index (χ2v) is 6.84. The van der Waals surface area contributed by atoms with Gasteiger partial charge in [-0.15, -0.1) is 0 Å². The quantitative estimate of drug-likeness (QED) is 0.211. The van der Waals surface area contributed by atoms with E-state index in [-0.39, 0.29) is 23.0 Å². The Morgan fingerprint density at radius 1 is 0.935 bits per heavy atom. The fraction of sp³-hybridized carbons (Fsp3) is 0.286. The SMILES string of the molecule is O=C(C=Cc1ccc(O)c(O)c1)OC[C@H]1O[C@H](Oc2ccc(O)cc2)[C@H](O)[C@@H](O)[C@@H]1O. The van der Waals surface area contributed by atoms with Gasteiger partial charge >= 0.3 is 5.97 Å². The van der Waals surface area contributed by atoms with Gasteiger partial charge < -0.3 is 44.8 Å². The van der Waals surface area contributed by atoms with E-state index >= 15 is 0 Å². The average molecular weight is 434 g/mol. The average Bonchev–Trinajstić information content (AvgIpc) is 2.75. The van der Waals surface area contributed by atoms with Crippen molar-refractivity contribution in [3.63, 3.8) is 0 Å². The van der Waals surface area contributed by atoms with Gasteiger partial charge in [0.2, 0.25) is 6.29 Å². The fourth-order valence-corrected chi connectivity index (χ4v) is 2.83. The number of hydrogen-bond acceptors (Lipinski definition) is 10. The molecule has 0 aliphatic carbocycles. The molecule has 5 atom stereocenters. The van der Waals surface area contributed by atoms with Crippen LogP contribution in [0.15, 0.2) is 48.5 Å². The van der Waals surface area contributed by atoms with E-state index in [0.29, 0.717) is 5.56 Å². The number of phenols is 3. The molecule has 3 rings (SSSR count). The maximum Gasteiger partial charge on any atom is 0.330 e. The fourth-order valence-electron chi connectivity index (χ4n) is 2.83. The van der Waals surface area contributed by atoms with Crippen molar-refractivity contribution in [3.8, 4) is 23.0 Å². The summed E-state index contributed by atoms with van der Waals surface area (Å²) < 4.78 is 15.9. The topological polar surface area (TPSA) is 166 Å². The van der Waals surface area contributed by atoms with E-state index < -0.39 is 43.3 Å². The van der Waals surface area contributed by atoms with Crippen LogP contribution in [0.4, 0.5) is 0 Å². The Balaban J connectivity index is 1.58. The molecule has 10 heteroatoms. The number of hydrogen-bond donors (Lipinski definition) is 6. The summed E-state index contributed by atoms with van der Waals surface area (Å²) >= 11 is 0. The lowest BCUT2D eigenvalue weighted by molar-refractivity contribution is -0.278. The Morgan fingerprint density at radius 2 is 1.65 bits per heavy atom. The third kappa shape index (κ3) is 5.64. The zero-order chi connectivity index (χ0) is 22.5. The Bertz CT molecular complexity index is 926. The zero-order valence-electron chi connectivity index (χ0n) is 16.1. The standard InChI is InChI=1S/C21H22O10/c22-12-3-5-13(6-4-12)30-21-20(28)19(27)18(26)16(31-21)10-29-17(25)8-2-11-1-7-14(23)15(24)9-11/h1-9,16,18-24,26-28H,10H2/t16-,18-,19+,20-,21+/m1/s1. The minimum atomic E-state index is -1.62. The molecule has 10 nitrogen and oxygen atoms in total. The number of carbonyl (C=O) groups is 1. The van der Waals surface area contributed by atoms with E-state index in [1.54, 1.807) is 0 Å². The van der Waals surface area contributed by atoms with E-state index in [1.807, 2.05) is 0 Å². The van der Waals surface area contributed by atoms with Crippen molar-refractivity contribution in [2.45, 2.75) is 30.7 Å². The molecule has 1 aliphatic heterocycles. The molecular formula is C21H22O10. The van der Waals surface area contributed by atoms with Crippen molar-refractivity contribution in [1.29, 1.82) is 0 Å². The van der Waals surface area contributed by atoms with Gasteiger partial charge in [0.05, 0.1) is 0 Å². The van der Waals surface area contributed by atoms with Crippen molar-refractivity contribution in [1.82, 2.24) is 0 Å². The maximum absolute atomic E-state index is 11.9. The van der Waals surface area contributed by atoms with Gasteiger partial charge in [0.15, 0.2) is 11.5 Å². The summed E-state index contributed by atoms with van der Waals surface area (Å²) in [5, 5.41) is 58.3. The van der Waals surface area contributed by atoms with Gasteiger partial charge in [-0.3, -0.25) is 0 Å². The normalized spacial score (nSPS) is 26.0. The van der Waals surface area contributed by atoms with Gasteiger partial charge in [0.25, 0.3) is 0 Å². The first-order valence-corrected chi connectivity index (χ1v) is 9.27. The predicted molar refractivity (Wildman–Crippen MR) is 105 cm³/mol. The summed E-state index contributed by atoms with van der Waals surface area (Å²) in [4.78, 5) is 11.9. The van der Waals surface area contributed by atoms with Gasteiger partial charge in [-0.1, -0.05) is 6.07 Å². The second kappa shape index (κ2) is 9.67. The molecule has 166 valence electrons. The molecule has 1 fully saturated rings. The molecule has 0 spiro atoms. The van der Waals surface area contributed by atoms with Crippen molar-refractivity contribution in [2.24, 2.45) is 0 Å². The first-order chi connectivity index (χ1) is 14.7. The molecule has 0 amide bonds. The van der Waals surface area contributed by atoms with Crippen molar-refractivity contribution < 1.29 is 49.6 Å². The lowest BCUT2D eigenvalue weighted by Crippen LogP contribution is -2.60. The molecule has 6 N–H and O–H groups in total. The molecule has 2 aromatic carbocycles. The number of carbonyl (C=O) groups excluding carboxylic acids is 1. The highest BCUT2D eigenvalue weighted by Gasteiger charge is 2.45. The highest BCUT2D eigenvalue weighted by molar-refractivity contribution is 5.87. The molecule has 2 aromatic rings. The first kappa shape index (κ1) is 22.4. The maximum atomic E-state index is 11.9. The highest BCUT2D eigenvalue weighted by Crippen LogP contribution is 2.26. The number of rotatable bonds is 6. The summed E-state index contributed by atoms with van der Waals surface area (Å²) in [6.45, 7) is -0.440. The largest absolute Gasteiger partial charge is 0.508 e. The smallest absolute Gasteiger partial charge is 0.330 e. The Hall–Kier alpha value is -3.31. The van der Waals surface area contributed by atoms with E-state index in [2.05, 4.69) is 0 Å². The molecule has 0 saturated carbocycles. The van der Waals surface area contributed by atoms with Crippen LogP contribution >= 0.6 is 0 Å². The van der Waals surface area contributed by atoms with Crippen molar-refractivity contribution in [3.05, 3.63) is 54.1 Å². The number of ether oxygens (including phenoxy) is 3. The van der Waals surface area contributed by atoms with Gasteiger partial charge in [-0.25, -0.2) is 4.79 Å². The van der Waals surface area contributed by atoms with E-state index in [4.69, 9.17) is 14.2 Å². The van der Waals surface area contributed by atoms with Gasteiger partial charge in [-0.05, 0) is 48.0 Å². The van der Waals surface area contributed by atoms with Crippen LogP contribution in [0.3, 0.4) is 0 Å². The molecule has 0 radical (unpaired) electrons. The molecule has 0 unspecified atom stereocenters. The molecule has 1 saturated heterocycles. The molecule has 1 heterocycles. The minimum absolute atomic E-state index is 0.00766. The van der Waals surface area contributed by atoms with Crippen LogP contribution in [0, 0.1) is 0 Å². The molecule has 0 aromatic heterocycles. The van der Waals surface area contributed by atoms with E-state index in [9.17, 15) is 35.4 Å². The number of phenolic OH excluding ortho intramolecular Hbond substituents is 3. The monoisotopic (exact) mass is 434 g/mol. The molecule has 0 bridgehead atoms. The van der Waals surface area contributed by atoms with Crippen LogP contribution in [0.25, 0.3) is 6.08 Å². The number of aromatic hydroxyl groups is 3. The predicted octanol–water partition coefficient (Wildman–Crippen LogP) is 0.246. The lowest BCUT2D eigenvalue weighted by Gasteiger charge is -2.39. The summed E-state index contributed by atoms with van der Waals surface area (Å²) in [6, 6.07) is 9.53. The number of aliphatic hydroxyl groups excluding tert-OH is 3. The van der Waals surface area contributed by atoms with Gasteiger partial charge in [0.1, 0.15) is 42.5 Å². The van der Waals surface area contributed by atoms with Crippen LogP contribution < -0.4 is 4.74 Å². The number of aliphatic hydroxyl groups is 3. The summed E-state index contributed by atoms with van der Waals surface area (Å²) in [6.07, 6.45) is -4.86. The van der Waals surface area contributed by atoms with Crippen molar-refractivity contribution in [2.75, 3.05) is 6.61 Å². The highest BCUT2D eigenvalue weighted by atomic mass is 16.7. The number of benzene rings is 2. The van der Waals surface area contributed by atoms with Crippen LogP contribution in [-0.4, -0.2) is 73.9 Å². The van der Waals surface area contributed by atoms with Crippen LogP contribution in [0.1, 0.15) is 5.56 Å². The second-order valence-electron chi connectivity index (χ2n) is 6.84. The summed E-state index contributed by atoms with van der Waals surface area (Å²) in [7, 11) is 0. The molecular weight excluding hydrogens is 412 g/mol. The molecule has 1 aliphatic rings. The van der Waals surface area contributed by atoms with Crippen LogP contribution in [0.5, 0.6) is 23.0 Å². The third-order valence-corrected chi connectivity index (χ3v) is 4.56. The van der Waals surface area contributed by atoms with Crippen LogP contribution in [-0.2, 0) is 14.3 Å². The Morgan fingerprint density at radius 3 is 2.32 bits per heavy atom. The Labute approximate surface area is 176 Å². The van der Waals surface area contributed by atoms with Crippen molar-refractivity contribution >= 4 is 12.0 Å². The van der Waals surface area contributed by atoms with Gasteiger partial charge in [-0.2, -0.15) is 0 Å². The lowest BCUT2D eigenvalue weighted by atomic mass is 9.99. The summed E-state index contributed by atoms with van der Waals surface area (Å²) in [5.74, 6) is -1.19. The van der Waals surface area contributed by atoms with E-state index in [0.717, 1.165) is 6.08 Å². The number of esters is 1. The third-order valence-electron chi connectivity index (χ3n) is 4.56. The van der Waals surface area contributed by atoms with Crippen LogP contribution in [0.2, 0.25) is 0 Å². The van der Waals surface area contributed by atoms with E-state index in [1.165, 1.54) is 48.5 Å². The first-order valence-electron chi connectivity index (χ1n) is 9.27. The minimum Gasteiger partial charge on any atom is -0.508 e.